The van der Waals surface area contributed by atoms with Gasteiger partial charge in [-0.3, -0.25) is 9.59 Å². The zero-order chi connectivity index (χ0) is 21.8. The zero-order valence-corrected chi connectivity index (χ0v) is 17.9. The summed E-state index contributed by atoms with van der Waals surface area (Å²) in [5, 5.41) is 5.84. The Bertz CT molecular complexity index is 1100. The summed E-state index contributed by atoms with van der Waals surface area (Å²) in [7, 11) is 0. The molecule has 1 saturated carbocycles. The predicted octanol–water partition coefficient (Wildman–Crippen LogP) is 4.56. The molecule has 1 aliphatic carbocycles. The number of benzene rings is 2. The highest BCUT2D eigenvalue weighted by atomic mass is 16.4. The van der Waals surface area contributed by atoms with Gasteiger partial charge in [0.15, 0.2) is 11.7 Å². The van der Waals surface area contributed by atoms with Gasteiger partial charge in [0, 0.05) is 36.6 Å². The third-order valence-corrected chi connectivity index (χ3v) is 5.54. The van der Waals surface area contributed by atoms with E-state index in [0.717, 1.165) is 29.7 Å². The second kappa shape index (κ2) is 9.16. The predicted molar refractivity (Wildman–Crippen MR) is 119 cm³/mol. The topological polar surface area (TPSA) is 84.2 Å². The number of anilines is 1. The van der Waals surface area contributed by atoms with Crippen molar-refractivity contribution in [3.63, 3.8) is 0 Å². The molecule has 6 nitrogen and oxygen atoms in total. The van der Waals surface area contributed by atoms with Crippen LogP contribution in [0.5, 0.6) is 0 Å². The van der Waals surface area contributed by atoms with Crippen LogP contribution in [0.25, 0.3) is 11.3 Å². The molecule has 31 heavy (non-hydrogen) atoms. The Morgan fingerprint density at radius 1 is 1.10 bits per heavy atom. The molecule has 0 saturated heterocycles. The van der Waals surface area contributed by atoms with Gasteiger partial charge in [-0.25, -0.2) is 4.98 Å². The van der Waals surface area contributed by atoms with Crippen molar-refractivity contribution < 1.29 is 14.0 Å². The van der Waals surface area contributed by atoms with Crippen molar-refractivity contribution in [3.8, 4) is 11.3 Å². The minimum Gasteiger partial charge on any atom is -0.441 e. The Morgan fingerprint density at radius 3 is 2.71 bits per heavy atom. The fourth-order valence-corrected chi connectivity index (χ4v) is 3.31. The lowest BCUT2D eigenvalue weighted by Gasteiger charge is -2.08. The first-order valence-electron chi connectivity index (χ1n) is 10.7. The molecule has 2 aromatic carbocycles. The Balaban J connectivity index is 1.26. The Hall–Kier alpha value is -3.41. The molecule has 3 aromatic rings. The van der Waals surface area contributed by atoms with Crippen molar-refractivity contribution in [2.75, 3.05) is 5.32 Å². The minimum atomic E-state index is -0.0710. The third-order valence-electron chi connectivity index (χ3n) is 5.54. The number of aryl methyl sites for hydroxylation is 3. The molecule has 6 heteroatoms. The van der Waals surface area contributed by atoms with E-state index in [9.17, 15) is 9.59 Å². The number of hydrogen-bond donors (Lipinski definition) is 2. The first-order valence-corrected chi connectivity index (χ1v) is 10.7. The van der Waals surface area contributed by atoms with Gasteiger partial charge in [0.1, 0.15) is 0 Å². The number of carbonyl (C=O) groups is 2. The average Bonchev–Trinajstić information content (AvgIpc) is 3.51. The van der Waals surface area contributed by atoms with Crippen molar-refractivity contribution in [1.29, 1.82) is 0 Å². The van der Waals surface area contributed by atoms with E-state index < -0.39 is 0 Å². The molecule has 4 rings (SSSR count). The number of aromatic nitrogens is 1. The second-order valence-corrected chi connectivity index (χ2v) is 8.16. The summed E-state index contributed by atoms with van der Waals surface area (Å²) in [6.45, 7) is 4.55. The van der Waals surface area contributed by atoms with E-state index in [2.05, 4.69) is 41.6 Å². The molecule has 1 aliphatic rings. The van der Waals surface area contributed by atoms with Gasteiger partial charge in [0.2, 0.25) is 11.8 Å². The molecule has 0 aliphatic heterocycles. The number of nitrogens with zero attached hydrogens (tertiary/aromatic N) is 1. The number of nitrogens with one attached hydrogen (secondary N) is 2. The van der Waals surface area contributed by atoms with E-state index in [1.807, 2.05) is 30.3 Å². The number of oxazole rings is 1. The first-order chi connectivity index (χ1) is 15.0. The Labute approximate surface area is 182 Å². The normalized spacial score (nSPS) is 13.1. The molecular formula is C25H27N3O3. The van der Waals surface area contributed by atoms with Gasteiger partial charge in [-0.05, 0) is 61.6 Å². The van der Waals surface area contributed by atoms with Crippen LogP contribution in [0.3, 0.4) is 0 Å². The van der Waals surface area contributed by atoms with E-state index in [1.54, 1.807) is 6.20 Å². The molecule has 0 bridgehead atoms. The van der Waals surface area contributed by atoms with Gasteiger partial charge in [-0.1, -0.05) is 24.3 Å². The molecule has 1 heterocycles. The van der Waals surface area contributed by atoms with Crippen LogP contribution < -0.4 is 10.6 Å². The molecule has 2 amide bonds. The molecule has 1 aromatic heterocycles. The van der Waals surface area contributed by atoms with Crippen LogP contribution in [0.1, 0.15) is 41.8 Å². The highest BCUT2D eigenvalue weighted by Crippen LogP contribution is 2.30. The molecule has 0 unspecified atom stereocenters. The van der Waals surface area contributed by atoms with Crippen molar-refractivity contribution in [2.24, 2.45) is 5.92 Å². The summed E-state index contributed by atoms with van der Waals surface area (Å²) in [6, 6.07) is 13.7. The van der Waals surface area contributed by atoms with E-state index in [0.29, 0.717) is 31.0 Å². The lowest BCUT2D eigenvalue weighted by molar-refractivity contribution is -0.121. The van der Waals surface area contributed by atoms with E-state index in [4.69, 9.17) is 4.42 Å². The first kappa shape index (κ1) is 20.8. The lowest BCUT2D eigenvalue weighted by Crippen LogP contribution is -2.23. The van der Waals surface area contributed by atoms with Crippen LogP contribution >= 0.6 is 0 Å². The quantitative estimate of drug-likeness (QED) is 0.563. The summed E-state index contributed by atoms with van der Waals surface area (Å²) >= 11 is 0. The molecule has 2 N–H and O–H groups in total. The second-order valence-electron chi connectivity index (χ2n) is 8.16. The Morgan fingerprint density at radius 2 is 1.94 bits per heavy atom. The SMILES string of the molecule is Cc1ccc(-c2cnc(CCC(=O)NCc3cccc(NC(=O)C4CC4)c3)o2)cc1C. The summed E-state index contributed by atoms with van der Waals surface area (Å²) in [4.78, 5) is 28.5. The van der Waals surface area contributed by atoms with E-state index in [-0.39, 0.29) is 17.7 Å². The number of carbonyl (C=O) groups excluding carboxylic acids is 2. The van der Waals surface area contributed by atoms with Crippen LogP contribution in [0.15, 0.2) is 53.1 Å². The molecule has 0 spiro atoms. The van der Waals surface area contributed by atoms with Crippen LogP contribution in [-0.4, -0.2) is 16.8 Å². The number of rotatable bonds is 8. The van der Waals surface area contributed by atoms with Crippen molar-refractivity contribution in [3.05, 3.63) is 71.2 Å². The van der Waals surface area contributed by atoms with Gasteiger partial charge in [-0.2, -0.15) is 0 Å². The van der Waals surface area contributed by atoms with Crippen molar-refractivity contribution in [1.82, 2.24) is 10.3 Å². The van der Waals surface area contributed by atoms with E-state index in [1.165, 1.54) is 11.1 Å². The summed E-state index contributed by atoms with van der Waals surface area (Å²) in [5.41, 5.74) is 5.12. The monoisotopic (exact) mass is 417 g/mol. The smallest absolute Gasteiger partial charge is 0.227 e. The average molecular weight is 418 g/mol. The molecule has 0 atom stereocenters. The largest absolute Gasteiger partial charge is 0.441 e. The standard InChI is InChI=1S/C25H27N3O3/c1-16-6-7-20(12-17(16)2)22-15-27-24(31-22)11-10-23(29)26-14-18-4-3-5-21(13-18)28-25(30)19-8-9-19/h3-7,12-13,15,19H,8-11,14H2,1-2H3,(H,26,29)(H,28,30). The highest BCUT2D eigenvalue weighted by molar-refractivity contribution is 5.94. The lowest BCUT2D eigenvalue weighted by atomic mass is 10.1. The summed E-state index contributed by atoms with van der Waals surface area (Å²) in [5.74, 6) is 1.43. The molecular weight excluding hydrogens is 390 g/mol. The van der Waals surface area contributed by atoms with Gasteiger partial charge < -0.3 is 15.1 Å². The fourth-order valence-electron chi connectivity index (χ4n) is 3.31. The molecule has 1 fully saturated rings. The van der Waals surface area contributed by atoms with E-state index >= 15 is 0 Å². The number of amides is 2. The summed E-state index contributed by atoms with van der Waals surface area (Å²) < 4.78 is 5.82. The Kier molecular flexibility index (Phi) is 6.16. The maximum Gasteiger partial charge on any atom is 0.227 e. The van der Waals surface area contributed by atoms with Gasteiger partial charge >= 0.3 is 0 Å². The van der Waals surface area contributed by atoms with Gasteiger partial charge in [-0.15, -0.1) is 0 Å². The van der Waals surface area contributed by atoms with Crippen molar-refractivity contribution in [2.45, 2.75) is 46.1 Å². The van der Waals surface area contributed by atoms with Crippen LogP contribution in [0.4, 0.5) is 5.69 Å². The van der Waals surface area contributed by atoms with Crippen LogP contribution in [0, 0.1) is 19.8 Å². The fraction of sp³-hybridized carbons (Fsp3) is 0.320. The molecule has 160 valence electrons. The maximum absolute atomic E-state index is 12.3. The number of hydrogen-bond acceptors (Lipinski definition) is 4. The zero-order valence-electron chi connectivity index (χ0n) is 17.9. The maximum atomic E-state index is 12.3. The highest BCUT2D eigenvalue weighted by Gasteiger charge is 2.29. The van der Waals surface area contributed by atoms with Gasteiger partial charge in [0.25, 0.3) is 0 Å². The summed E-state index contributed by atoms with van der Waals surface area (Å²) in [6.07, 6.45) is 4.38. The third kappa shape index (κ3) is 5.60. The van der Waals surface area contributed by atoms with Gasteiger partial charge in [0.05, 0.1) is 6.20 Å². The van der Waals surface area contributed by atoms with Crippen LogP contribution in [-0.2, 0) is 22.6 Å². The van der Waals surface area contributed by atoms with Crippen LogP contribution in [0.2, 0.25) is 0 Å². The van der Waals surface area contributed by atoms with Crippen molar-refractivity contribution >= 4 is 17.5 Å². The minimum absolute atomic E-state index is 0.0710. The molecule has 0 radical (unpaired) electrons.